The highest BCUT2D eigenvalue weighted by Gasteiger charge is 2.29. The minimum atomic E-state index is -0.595. The van der Waals surface area contributed by atoms with E-state index in [1.54, 1.807) is 0 Å². The highest BCUT2D eigenvalue weighted by molar-refractivity contribution is 5.87. The molecular weight excluding hydrogens is 358 g/mol. The molecule has 0 spiro atoms. The zero-order valence-corrected chi connectivity index (χ0v) is 15.8. The smallest absolute Gasteiger partial charge is 0.147 e. The van der Waals surface area contributed by atoms with Crippen LogP contribution in [0.3, 0.4) is 0 Å². The van der Waals surface area contributed by atoms with Crippen LogP contribution in [-0.4, -0.2) is 9.55 Å². The van der Waals surface area contributed by atoms with E-state index in [-0.39, 0.29) is 19.0 Å². The van der Waals surface area contributed by atoms with Gasteiger partial charge in [-0.15, -0.1) is 12.4 Å². The van der Waals surface area contributed by atoms with Gasteiger partial charge in [0.25, 0.3) is 0 Å². The minimum Gasteiger partial charge on any atom is -0.487 e. The van der Waals surface area contributed by atoms with Gasteiger partial charge in [-0.25, -0.2) is 8.78 Å². The molecule has 2 heterocycles. The average molecular weight is 379 g/mol. The number of nitrogens with zero attached hydrogens (tertiary/aromatic N) is 2. The van der Waals surface area contributed by atoms with Crippen molar-refractivity contribution in [1.29, 1.82) is 0 Å². The third-order valence-corrected chi connectivity index (χ3v) is 4.81. The van der Waals surface area contributed by atoms with E-state index < -0.39 is 11.6 Å². The Morgan fingerprint density at radius 1 is 1.08 bits per heavy atom. The molecule has 0 amide bonds. The van der Waals surface area contributed by atoms with Crippen LogP contribution >= 0.6 is 12.4 Å². The maximum Gasteiger partial charge on any atom is 0.147 e. The molecular formula is C20H21ClF2N2O. The number of hydrogen-bond donors (Lipinski definition) is 0. The number of pyridine rings is 1. The van der Waals surface area contributed by atoms with E-state index in [4.69, 9.17) is 4.74 Å². The number of halogens is 3. The van der Waals surface area contributed by atoms with Crippen molar-refractivity contribution in [2.45, 2.75) is 46.3 Å². The van der Waals surface area contributed by atoms with Crippen LogP contribution in [0, 0.1) is 32.4 Å². The van der Waals surface area contributed by atoms with Crippen LogP contribution in [0.1, 0.15) is 41.4 Å². The highest BCUT2D eigenvalue weighted by atomic mass is 35.5. The number of aromatic nitrogens is 2. The Balaban J connectivity index is 0.00000196. The molecule has 1 aliphatic carbocycles. The summed E-state index contributed by atoms with van der Waals surface area (Å²) in [6.07, 6.45) is 2.32. The number of hydrogen-bond acceptors (Lipinski definition) is 2. The predicted molar refractivity (Wildman–Crippen MR) is 100 cm³/mol. The summed E-state index contributed by atoms with van der Waals surface area (Å²) < 4.78 is 35.1. The first-order chi connectivity index (χ1) is 11.9. The Kier molecular flexibility index (Phi) is 4.93. The lowest BCUT2D eigenvalue weighted by Gasteiger charge is -2.13. The van der Waals surface area contributed by atoms with Crippen molar-refractivity contribution in [1.82, 2.24) is 9.55 Å². The number of benzene rings is 1. The van der Waals surface area contributed by atoms with Gasteiger partial charge in [-0.3, -0.25) is 4.98 Å². The van der Waals surface area contributed by atoms with Crippen LogP contribution in [0.4, 0.5) is 8.78 Å². The second kappa shape index (κ2) is 6.88. The predicted octanol–water partition coefficient (Wildman–Crippen LogP) is 5.58. The molecule has 4 rings (SSSR count). The van der Waals surface area contributed by atoms with Crippen molar-refractivity contribution in [2.75, 3.05) is 0 Å². The summed E-state index contributed by atoms with van der Waals surface area (Å²) in [6.45, 7) is 6.23. The molecule has 1 fully saturated rings. The molecule has 3 nitrogen and oxygen atoms in total. The van der Waals surface area contributed by atoms with Crippen molar-refractivity contribution < 1.29 is 13.5 Å². The van der Waals surface area contributed by atoms with Gasteiger partial charge in [0.1, 0.15) is 29.5 Å². The summed E-state index contributed by atoms with van der Waals surface area (Å²) >= 11 is 0. The van der Waals surface area contributed by atoms with Crippen LogP contribution in [0.15, 0.2) is 24.3 Å². The summed E-state index contributed by atoms with van der Waals surface area (Å²) in [5.74, 6) is -0.472. The molecule has 0 unspecified atom stereocenters. The molecule has 3 aromatic rings. The van der Waals surface area contributed by atoms with Crippen LogP contribution in [0.25, 0.3) is 11.0 Å². The van der Waals surface area contributed by atoms with Gasteiger partial charge < -0.3 is 9.30 Å². The van der Waals surface area contributed by atoms with Crippen molar-refractivity contribution in [3.05, 3.63) is 58.4 Å². The van der Waals surface area contributed by atoms with Crippen molar-refractivity contribution in [2.24, 2.45) is 0 Å². The first-order valence-electron chi connectivity index (χ1n) is 8.50. The molecule has 26 heavy (non-hydrogen) atoms. The number of rotatable bonds is 4. The third-order valence-electron chi connectivity index (χ3n) is 4.81. The Morgan fingerprint density at radius 2 is 1.73 bits per heavy atom. The molecule has 1 aliphatic rings. The minimum absolute atomic E-state index is 0. The van der Waals surface area contributed by atoms with E-state index in [1.165, 1.54) is 17.8 Å². The Hall–Kier alpha value is -2.14. The standard InChI is InChI=1S/C20H20F2N2O.ClH/c1-11-6-18(25-10-14-7-15(21)9-16(22)8-14)20-19(23-11)12(2)13(3)24(20)17-4-5-17;/h6-9,17H,4-5,10H2,1-3H3;1H. The van der Waals surface area contributed by atoms with Gasteiger partial charge in [0.15, 0.2) is 0 Å². The van der Waals surface area contributed by atoms with Gasteiger partial charge in [0.05, 0.1) is 5.52 Å². The zero-order chi connectivity index (χ0) is 17.7. The zero-order valence-electron chi connectivity index (χ0n) is 15.0. The SMILES string of the molecule is Cc1cc(OCc2cc(F)cc(F)c2)c2c(n1)c(C)c(C)n2C1CC1.Cl. The first-order valence-corrected chi connectivity index (χ1v) is 8.50. The molecule has 138 valence electrons. The largest absolute Gasteiger partial charge is 0.487 e. The van der Waals surface area contributed by atoms with Gasteiger partial charge in [-0.1, -0.05) is 0 Å². The first kappa shape index (κ1) is 18.6. The summed E-state index contributed by atoms with van der Waals surface area (Å²) in [6, 6.07) is 5.85. The number of ether oxygens (including phenoxy) is 1. The summed E-state index contributed by atoms with van der Waals surface area (Å²) in [7, 11) is 0. The molecule has 0 bridgehead atoms. The van der Waals surface area contributed by atoms with Crippen LogP contribution in [0.5, 0.6) is 5.75 Å². The maximum absolute atomic E-state index is 13.4. The normalized spacial score (nSPS) is 13.7. The molecule has 0 radical (unpaired) electrons. The summed E-state index contributed by atoms with van der Waals surface area (Å²) in [5, 5.41) is 0. The number of aryl methyl sites for hydroxylation is 2. The van der Waals surface area contributed by atoms with Crippen molar-refractivity contribution >= 4 is 23.4 Å². The fourth-order valence-electron chi connectivity index (χ4n) is 3.40. The molecule has 0 N–H and O–H groups in total. The van der Waals surface area contributed by atoms with Gasteiger partial charge in [0, 0.05) is 29.6 Å². The van der Waals surface area contributed by atoms with E-state index in [1.807, 2.05) is 13.0 Å². The third kappa shape index (κ3) is 3.28. The lowest BCUT2D eigenvalue weighted by atomic mass is 10.2. The van der Waals surface area contributed by atoms with E-state index in [0.29, 0.717) is 11.6 Å². The Labute approximate surface area is 157 Å². The molecule has 0 saturated heterocycles. The molecule has 1 saturated carbocycles. The quantitative estimate of drug-likeness (QED) is 0.593. The van der Waals surface area contributed by atoms with Crippen LogP contribution in [-0.2, 0) is 6.61 Å². The Bertz CT molecular complexity index is 960. The van der Waals surface area contributed by atoms with Gasteiger partial charge in [-0.05, 0) is 56.9 Å². The number of fused-ring (bicyclic) bond motifs is 1. The fraction of sp³-hybridized carbons (Fsp3) is 0.350. The van der Waals surface area contributed by atoms with Crippen molar-refractivity contribution in [3.8, 4) is 5.75 Å². The topological polar surface area (TPSA) is 27.1 Å². The van der Waals surface area contributed by atoms with Gasteiger partial charge in [-0.2, -0.15) is 0 Å². The Morgan fingerprint density at radius 3 is 2.35 bits per heavy atom. The molecule has 1 aromatic carbocycles. The molecule has 6 heteroatoms. The second-order valence-corrected chi connectivity index (χ2v) is 6.84. The molecule has 2 aromatic heterocycles. The monoisotopic (exact) mass is 378 g/mol. The maximum atomic E-state index is 13.4. The van der Waals surface area contributed by atoms with Crippen molar-refractivity contribution in [3.63, 3.8) is 0 Å². The van der Waals surface area contributed by atoms with Gasteiger partial charge >= 0.3 is 0 Å². The average Bonchev–Trinajstić information content (AvgIpc) is 3.34. The van der Waals surface area contributed by atoms with Crippen LogP contribution < -0.4 is 4.74 Å². The van der Waals surface area contributed by atoms with E-state index in [2.05, 4.69) is 23.4 Å². The fourth-order valence-corrected chi connectivity index (χ4v) is 3.40. The van der Waals surface area contributed by atoms with Crippen LogP contribution in [0.2, 0.25) is 0 Å². The molecule has 0 atom stereocenters. The summed E-state index contributed by atoms with van der Waals surface area (Å²) in [4.78, 5) is 4.69. The van der Waals surface area contributed by atoms with E-state index >= 15 is 0 Å². The van der Waals surface area contributed by atoms with E-state index in [0.717, 1.165) is 46.9 Å². The lowest BCUT2D eigenvalue weighted by Crippen LogP contribution is -2.02. The second-order valence-electron chi connectivity index (χ2n) is 6.84. The molecule has 0 aliphatic heterocycles. The summed E-state index contributed by atoms with van der Waals surface area (Å²) in [5.41, 5.74) is 5.64. The van der Waals surface area contributed by atoms with Gasteiger partial charge in [0.2, 0.25) is 0 Å². The van der Waals surface area contributed by atoms with E-state index in [9.17, 15) is 8.78 Å². The lowest BCUT2D eigenvalue weighted by molar-refractivity contribution is 0.306. The highest BCUT2D eigenvalue weighted by Crippen LogP contribution is 2.43.